The molecular formula is C12H15BrO3. The minimum absolute atomic E-state index is 0.0896. The highest BCUT2D eigenvalue weighted by molar-refractivity contribution is 9.10. The van der Waals surface area contributed by atoms with Crippen molar-refractivity contribution in [1.29, 1.82) is 0 Å². The number of benzene rings is 1. The molecule has 0 heterocycles. The maximum atomic E-state index is 11.0. The van der Waals surface area contributed by atoms with Gasteiger partial charge in [0.25, 0.3) is 0 Å². The monoisotopic (exact) mass is 286 g/mol. The van der Waals surface area contributed by atoms with Gasteiger partial charge in [0.05, 0.1) is 6.10 Å². The summed E-state index contributed by atoms with van der Waals surface area (Å²) in [4.78, 5) is 11.0. The van der Waals surface area contributed by atoms with Gasteiger partial charge in [-0.2, -0.15) is 0 Å². The summed E-state index contributed by atoms with van der Waals surface area (Å²) in [5.74, 6) is -0.923. The van der Waals surface area contributed by atoms with E-state index in [9.17, 15) is 4.79 Å². The fourth-order valence-electron chi connectivity index (χ4n) is 1.40. The fraction of sp³-hybridized carbons (Fsp3) is 0.417. The molecular weight excluding hydrogens is 272 g/mol. The number of ether oxygens (including phenoxy) is 1. The van der Waals surface area contributed by atoms with Gasteiger partial charge in [-0.05, 0) is 31.5 Å². The van der Waals surface area contributed by atoms with Gasteiger partial charge in [0, 0.05) is 10.9 Å². The molecule has 0 aliphatic rings. The lowest BCUT2D eigenvalue weighted by molar-refractivity contribution is -0.153. The van der Waals surface area contributed by atoms with E-state index in [0.29, 0.717) is 6.42 Å². The van der Waals surface area contributed by atoms with Crippen molar-refractivity contribution in [2.24, 2.45) is 0 Å². The van der Waals surface area contributed by atoms with Crippen LogP contribution in [0.2, 0.25) is 0 Å². The lowest BCUT2D eigenvalue weighted by Gasteiger charge is -2.16. The van der Waals surface area contributed by atoms with Crippen molar-refractivity contribution in [2.75, 3.05) is 0 Å². The highest BCUT2D eigenvalue weighted by Gasteiger charge is 2.19. The second-order valence-electron chi connectivity index (χ2n) is 3.85. The molecule has 1 aromatic carbocycles. The molecule has 0 fully saturated rings. The minimum atomic E-state index is -0.923. The molecule has 3 nitrogen and oxygen atoms in total. The van der Waals surface area contributed by atoms with Crippen molar-refractivity contribution >= 4 is 21.9 Å². The van der Waals surface area contributed by atoms with E-state index in [1.54, 1.807) is 0 Å². The van der Waals surface area contributed by atoms with Crippen molar-refractivity contribution in [3.63, 3.8) is 0 Å². The van der Waals surface area contributed by atoms with Crippen molar-refractivity contribution in [3.05, 3.63) is 34.3 Å². The zero-order valence-electron chi connectivity index (χ0n) is 9.31. The maximum absolute atomic E-state index is 11.0. The van der Waals surface area contributed by atoms with Gasteiger partial charge in [0.1, 0.15) is 0 Å². The molecule has 1 rings (SSSR count). The molecule has 88 valence electrons. The number of hydrogen-bond donors (Lipinski definition) is 1. The Morgan fingerprint density at radius 3 is 2.69 bits per heavy atom. The topological polar surface area (TPSA) is 46.5 Å². The van der Waals surface area contributed by atoms with Crippen LogP contribution < -0.4 is 0 Å². The third kappa shape index (κ3) is 4.33. The molecule has 1 unspecified atom stereocenters. The summed E-state index contributed by atoms with van der Waals surface area (Å²) < 4.78 is 6.28. The summed E-state index contributed by atoms with van der Waals surface area (Å²) >= 11 is 3.35. The van der Waals surface area contributed by atoms with Gasteiger partial charge in [0.2, 0.25) is 0 Å². The van der Waals surface area contributed by atoms with E-state index < -0.39 is 12.1 Å². The van der Waals surface area contributed by atoms with Crippen LogP contribution in [0.4, 0.5) is 0 Å². The molecule has 0 aromatic heterocycles. The molecule has 16 heavy (non-hydrogen) atoms. The van der Waals surface area contributed by atoms with E-state index in [0.717, 1.165) is 10.0 Å². The second-order valence-corrected chi connectivity index (χ2v) is 4.76. The highest BCUT2D eigenvalue weighted by atomic mass is 79.9. The number of hydrogen-bond acceptors (Lipinski definition) is 2. The van der Waals surface area contributed by atoms with Gasteiger partial charge in [-0.15, -0.1) is 0 Å². The van der Waals surface area contributed by atoms with E-state index in [2.05, 4.69) is 15.9 Å². The Morgan fingerprint density at radius 2 is 2.19 bits per heavy atom. The lowest BCUT2D eigenvalue weighted by atomic mass is 10.1. The minimum Gasteiger partial charge on any atom is -0.479 e. The summed E-state index contributed by atoms with van der Waals surface area (Å²) in [6, 6.07) is 7.58. The molecule has 0 aliphatic carbocycles. The van der Waals surface area contributed by atoms with Gasteiger partial charge in [-0.1, -0.05) is 28.1 Å². The first kappa shape index (κ1) is 13.2. The van der Waals surface area contributed by atoms with Gasteiger partial charge < -0.3 is 9.84 Å². The summed E-state index contributed by atoms with van der Waals surface area (Å²) in [6.07, 6.45) is -0.491. The molecule has 0 amide bonds. The number of carboxylic acid groups (broad SMARTS) is 1. The van der Waals surface area contributed by atoms with Crippen LogP contribution in [-0.2, 0) is 16.0 Å². The van der Waals surface area contributed by atoms with Crippen molar-refractivity contribution in [1.82, 2.24) is 0 Å². The average molecular weight is 287 g/mol. The van der Waals surface area contributed by atoms with E-state index in [1.165, 1.54) is 0 Å². The Bertz CT molecular complexity index is 363. The Balaban J connectivity index is 2.71. The van der Waals surface area contributed by atoms with Crippen LogP contribution in [0, 0.1) is 0 Å². The molecule has 0 spiro atoms. The summed E-state index contributed by atoms with van der Waals surface area (Å²) in [5.41, 5.74) is 0.947. The van der Waals surface area contributed by atoms with E-state index in [1.807, 2.05) is 38.1 Å². The van der Waals surface area contributed by atoms with Crippen LogP contribution in [-0.4, -0.2) is 23.3 Å². The number of aliphatic carboxylic acids is 1. The normalized spacial score (nSPS) is 12.8. The number of carboxylic acids is 1. The Hall–Kier alpha value is -0.870. The van der Waals surface area contributed by atoms with Gasteiger partial charge >= 0.3 is 5.97 Å². The summed E-state index contributed by atoms with van der Waals surface area (Å²) in [5, 5.41) is 9.02. The van der Waals surface area contributed by atoms with Crippen LogP contribution in [0.5, 0.6) is 0 Å². The van der Waals surface area contributed by atoms with E-state index >= 15 is 0 Å². The lowest BCUT2D eigenvalue weighted by Crippen LogP contribution is -2.29. The van der Waals surface area contributed by atoms with Crippen molar-refractivity contribution in [2.45, 2.75) is 32.5 Å². The van der Waals surface area contributed by atoms with Crippen molar-refractivity contribution < 1.29 is 14.6 Å². The highest BCUT2D eigenvalue weighted by Crippen LogP contribution is 2.14. The molecule has 0 bridgehead atoms. The van der Waals surface area contributed by atoms with E-state index in [4.69, 9.17) is 9.84 Å². The molecule has 1 aromatic rings. The summed E-state index contributed by atoms with van der Waals surface area (Å²) in [7, 11) is 0. The van der Waals surface area contributed by atoms with Gasteiger partial charge in [0.15, 0.2) is 6.10 Å². The number of halogens is 1. The van der Waals surface area contributed by atoms with Gasteiger partial charge in [-0.3, -0.25) is 0 Å². The Kier molecular flexibility index (Phi) is 4.96. The molecule has 0 radical (unpaired) electrons. The molecule has 0 aliphatic heterocycles. The van der Waals surface area contributed by atoms with Crippen LogP contribution in [0.25, 0.3) is 0 Å². The predicted molar refractivity (Wildman–Crippen MR) is 65.5 cm³/mol. The summed E-state index contributed by atoms with van der Waals surface area (Å²) in [6.45, 7) is 3.66. The first-order valence-electron chi connectivity index (χ1n) is 5.11. The van der Waals surface area contributed by atoms with Crippen LogP contribution >= 0.6 is 15.9 Å². The van der Waals surface area contributed by atoms with E-state index in [-0.39, 0.29) is 6.10 Å². The molecule has 0 saturated carbocycles. The largest absolute Gasteiger partial charge is 0.479 e. The Labute approximate surface area is 104 Å². The third-order valence-corrected chi connectivity index (χ3v) is 2.52. The van der Waals surface area contributed by atoms with Crippen LogP contribution in [0.1, 0.15) is 19.4 Å². The number of rotatable bonds is 5. The Morgan fingerprint density at radius 1 is 1.50 bits per heavy atom. The zero-order valence-corrected chi connectivity index (χ0v) is 10.9. The first-order valence-corrected chi connectivity index (χ1v) is 5.91. The second kappa shape index (κ2) is 6.01. The average Bonchev–Trinajstić information content (AvgIpc) is 2.15. The standard InChI is InChI=1S/C12H15BrO3/c1-8(2)16-11(12(14)15)7-9-4-3-5-10(13)6-9/h3-6,8,11H,7H2,1-2H3,(H,14,15). The smallest absolute Gasteiger partial charge is 0.333 e. The SMILES string of the molecule is CC(C)OC(Cc1cccc(Br)c1)C(=O)O. The fourth-order valence-corrected chi connectivity index (χ4v) is 1.85. The molecule has 4 heteroatoms. The molecule has 1 N–H and O–H groups in total. The first-order chi connectivity index (χ1) is 7.49. The molecule has 1 atom stereocenters. The molecule has 0 saturated heterocycles. The zero-order chi connectivity index (χ0) is 12.1. The quantitative estimate of drug-likeness (QED) is 0.905. The van der Waals surface area contributed by atoms with Crippen molar-refractivity contribution in [3.8, 4) is 0 Å². The van der Waals surface area contributed by atoms with Crippen LogP contribution in [0.15, 0.2) is 28.7 Å². The maximum Gasteiger partial charge on any atom is 0.333 e. The third-order valence-electron chi connectivity index (χ3n) is 2.02. The van der Waals surface area contributed by atoms with Gasteiger partial charge in [-0.25, -0.2) is 4.79 Å². The predicted octanol–water partition coefficient (Wildman–Crippen LogP) is 2.87. The van der Waals surface area contributed by atoms with Crippen LogP contribution in [0.3, 0.4) is 0 Å². The number of carbonyl (C=O) groups is 1.